The van der Waals surface area contributed by atoms with E-state index in [4.69, 9.17) is 4.84 Å². The van der Waals surface area contributed by atoms with Crippen molar-refractivity contribution in [1.29, 1.82) is 0 Å². The highest BCUT2D eigenvalue weighted by molar-refractivity contribution is 6.31. The second kappa shape index (κ2) is 9.45. The highest BCUT2D eigenvalue weighted by Gasteiger charge is 2.21. The average Bonchev–Trinajstić information content (AvgIpc) is 2.72. The fraction of sp³-hybridized carbons (Fsp3) is 0.250. The molecule has 2 amide bonds. The highest BCUT2D eigenvalue weighted by atomic mass is 16.6. The molecule has 1 aliphatic carbocycles. The largest absolute Gasteiger partial charge is 0.386 e. The molecule has 2 aromatic rings. The van der Waals surface area contributed by atoms with Gasteiger partial charge in [0.1, 0.15) is 6.21 Å². The van der Waals surface area contributed by atoms with Crippen LogP contribution < -0.4 is 10.6 Å². The number of benzene rings is 2. The van der Waals surface area contributed by atoms with Gasteiger partial charge in [0.05, 0.1) is 11.0 Å². The number of hydrogen-bond acceptors (Lipinski definition) is 6. The van der Waals surface area contributed by atoms with Crippen LogP contribution in [0.3, 0.4) is 0 Å². The summed E-state index contributed by atoms with van der Waals surface area (Å²) in [6.07, 6.45) is 3.72. The van der Waals surface area contributed by atoms with Crippen LogP contribution in [0.4, 0.5) is 11.4 Å². The molecule has 0 aromatic heterocycles. The van der Waals surface area contributed by atoms with Crippen LogP contribution in [0.2, 0.25) is 0 Å². The van der Waals surface area contributed by atoms with Crippen molar-refractivity contribution in [1.82, 2.24) is 5.32 Å². The molecule has 0 saturated carbocycles. The Morgan fingerprint density at radius 1 is 1.24 bits per heavy atom. The molecule has 3 rings (SSSR count). The normalized spacial score (nSPS) is 15.4. The number of carbonyl (C=O) groups excluding carboxylic acids is 2. The van der Waals surface area contributed by atoms with Crippen LogP contribution in [0.5, 0.6) is 0 Å². The number of nitrogens with zero attached hydrogens (tertiary/aromatic N) is 2. The van der Waals surface area contributed by atoms with Gasteiger partial charge < -0.3 is 15.5 Å². The minimum absolute atomic E-state index is 0.0581. The summed E-state index contributed by atoms with van der Waals surface area (Å²) >= 11 is 0. The number of nitrogens with one attached hydrogen (secondary N) is 2. The van der Waals surface area contributed by atoms with Gasteiger partial charge in [0.15, 0.2) is 6.61 Å². The number of carbonyl (C=O) groups is 2. The second-order valence-electron chi connectivity index (χ2n) is 6.52. The highest BCUT2D eigenvalue weighted by Crippen LogP contribution is 2.29. The number of nitro groups is 1. The van der Waals surface area contributed by atoms with Crippen LogP contribution in [-0.2, 0) is 20.8 Å². The number of anilines is 1. The molecule has 2 aromatic carbocycles. The first-order chi connectivity index (χ1) is 14.0. The number of amides is 2. The topological polar surface area (TPSA) is 123 Å². The van der Waals surface area contributed by atoms with E-state index in [1.165, 1.54) is 29.8 Å². The van der Waals surface area contributed by atoms with Crippen molar-refractivity contribution >= 4 is 29.4 Å². The Morgan fingerprint density at radius 2 is 2.07 bits per heavy atom. The summed E-state index contributed by atoms with van der Waals surface area (Å²) in [6, 6.07) is 13.5. The van der Waals surface area contributed by atoms with E-state index in [1.807, 2.05) is 18.2 Å². The van der Waals surface area contributed by atoms with Crippen LogP contribution in [0, 0.1) is 10.1 Å². The predicted octanol–water partition coefficient (Wildman–Crippen LogP) is 2.73. The smallest absolute Gasteiger partial charge is 0.271 e. The minimum atomic E-state index is -0.632. The zero-order valence-electron chi connectivity index (χ0n) is 15.5. The fourth-order valence-electron chi connectivity index (χ4n) is 3.19. The molecule has 150 valence electrons. The molecule has 0 radical (unpaired) electrons. The summed E-state index contributed by atoms with van der Waals surface area (Å²) in [4.78, 5) is 38.9. The summed E-state index contributed by atoms with van der Waals surface area (Å²) in [5.74, 6) is -0.963. The number of oxime groups is 1. The summed E-state index contributed by atoms with van der Waals surface area (Å²) in [5.41, 5.74) is 2.47. The standard InChI is InChI=1S/C20H20N4O5/c25-19(22-15-7-4-8-16(11-15)24(27)28)12-21-29-13-20(26)23-18-10-3-6-14-5-1-2-9-17(14)18/h1-2,4-5,7-9,11-12,18H,3,6,10,13H2,(H,22,25)(H,23,26)/b21-12-/t18-/m0/s1. The van der Waals surface area contributed by atoms with E-state index in [1.54, 1.807) is 0 Å². The van der Waals surface area contributed by atoms with Crippen molar-refractivity contribution in [2.45, 2.75) is 25.3 Å². The summed E-state index contributed by atoms with van der Waals surface area (Å²) in [6.45, 7) is -0.320. The third-order valence-electron chi connectivity index (χ3n) is 4.47. The molecule has 2 N–H and O–H groups in total. The first kappa shape index (κ1) is 20.0. The monoisotopic (exact) mass is 396 g/mol. The maximum Gasteiger partial charge on any atom is 0.271 e. The van der Waals surface area contributed by atoms with E-state index in [9.17, 15) is 19.7 Å². The van der Waals surface area contributed by atoms with E-state index in [2.05, 4.69) is 21.9 Å². The molecule has 0 unspecified atom stereocenters. The molecule has 9 nitrogen and oxygen atoms in total. The lowest BCUT2D eigenvalue weighted by Crippen LogP contribution is -2.33. The summed E-state index contributed by atoms with van der Waals surface area (Å²) in [5, 5.41) is 19.6. The molecule has 29 heavy (non-hydrogen) atoms. The Labute approximate surface area is 166 Å². The van der Waals surface area contributed by atoms with Crippen molar-refractivity contribution in [3.05, 3.63) is 69.8 Å². The van der Waals surface area contributed by atoms with Gasteiger partial charge in [-0.1, -0.05) is 35.5 Å². The van der Waals surface area contributed by atoms with E-state index < -0.39 is 10.8 Å². The van der Waals surface area contributed by atoms with Gasteiger partial charge in [0, 0.05) is 17.8 Å². The fourth-order valence-corrected chi connectivity index (χ4v) is 3.19. The van der Waals surface area contributed by atoms with Crippen molar-refractivity contribution in [3.8, 4) is 0 Å². The van der Waals surface area contributed by atoms with Crippen molar-refractivity contribution in [2.24, 2.45) is 5.16 Å². The molecule has 0 aliphatic heterocycles. The molecular weight excluding hydrogens is 376 g/mol. The van der Waals surface area contributed by atoms with Gasteiger partial charge in [-0.3, -0.25) is 19.7 Å². The number of aryl methyl sites for hydroxylation is 1. The Kier molecular flexibility index (Phi) is 6.51. The molecule has 9 heteroatoms. The van der Waals surface area contributed by atoms with Gasteiger partial charge >= 0.3 is 0 Å². The molecule has 0 spiro atoms. The maximum absolute atomic E-state index is 12.1. The minimum Gasteiger partial charge on any atom is -0.386 e. The lowest BCUT2D eigenvalue weighted by molar-refractivity contribution is -0.384. The van der Waals surface area contributed by atoms with Gasteiger partial charge in [-0.2, -0.15) is 0 Å². The number of rotatable bonds is 7. The van der Waals surface area contributed by atoms with Crippen LogP contribution in [0.1, 0.15) is 30.0 Å². The van der Waals surface area contributed by atoms with E-state index in [-0.39, 0.29) is 29.9 Å². The molecule has 0 bridgehead atoms. The first-order valence-electron chi connectivity index (χ1n) is 9.11. The zero-order chi connectivity index (χ0) is 20.6. The Balaban J connectivity index is 1.44. The van der Waals surface area contributed by atoms with Crippen molar-refractivity contribution in [2.75, 3.05) is 11.9 Å². The lowest BCUT2D eigenvalue weighted by Gasteiger charge is -2.26. The zero-order valence-corrected chi connectivity index (χ0v) is 15.5. The van der Waals surface area contributed by atoms with Gasteiger partial charge in [-0.05, 0) is 36.5 Å². The molecule has 0 fully saturated rings. The Hall–Kier alpha value is -3.75. The van der Waals surface area contributed by atoms with Crippen LogP contribution >= 0.6 is 0 Å². The van der Waals surface area contributed by atoms with Gasteiger partial charge in [0.2, 0.25) is 0 Å². The number of non-ortho nitro benzene ring substituents is 1. The van der Waals surface area contributed by atoms with Crippen LogP contribution in [0.15, 0.2) is 53.7 Å². The second-order valence-corrected chi connectivity index (χ2v) is 6.52. The SMILES string of the molecule is O=C(/C=N\OCC(=O)N[C@H]1CCCc2ccccc21)Nc1cccc([N+](=O)[O-])c1. The number of hydrogen-bond donors (Lipinski definition) is 2. The molecule has 0 saturated heterocycles. The molecular formula is C20H20N4O5. The van der Waals surface area contributed by atoms with E-state index in [0.29, 0.717) is 0 Å². The first-order valence-corrected chi connectivity index (χ1v) is 9.11. The third-order valence-corrected chi connectivity index (χ3v) is 4.47. The van der Waals surface area contributed by atoms with E-state index in [0.717, 1.165) is 31.0 Å². The maximum atomic E-state index is 12.1. The quantitative estimate of drug-likeness (QED) is 0.423. The molecule has 0 heterocycles. The van der Waals surface area contributed by atoms with E-state index >= 15 is 0 Å². The lowest BCUT2D eigenvalue weighted by atomic mass is 9.88. The van der Waals surface area contributed by atoms with Crippen LogP contribution in [0.25, 0.3) is 0 Å². The third kappa shape index (κ3) is 5.61. The van der Waals surface area contributed by atoms with Crippen LogP contribution in [-0.4, -0.2) is 29.6 Å². The molecule has 1 aliphatic rings. The molecule has 1 atom stereocenters. The van der Waals surface area contributed by atoms with Gasteiger partial charge in [-0.15, -0.1) is 0 Å². The summed E-state index contributed by atoms with van der Waals surface area (Å²) < 4.78 is 0. The van der Waals surface area contributed by atoms with Gasteiger partial charge in [0.25, 0.3) is 17.5 Å². The van der Waals surface area contributed by atoms with Gasteiger partial charge in [-0.25, -0.2) is 0 Å². The summed E-state index contributed by atoms with van der Waals surface area (Å²) in [7, 11) is 0. The Morgan fingerprint density at radius 3 is 2.90 bits per heavy atom. The number of nitro benzene ring substituents is 1. The number of fused-ring (bicyclic) bond motifs is 1. The van der Waals surface area contributed by atoms with Crippen molar-refractivity contribution < 1.29 is 19.3 Å². The predicted molar refractivity (Wildman–Crippen MR) is 106 cm³/mol. The Bertz CT molecular complexity index is 944. The van der Waals surface area contributed by atoms with Crippen molar-refractivity contribution in [3.63, 3.8) is 0 Å². The average molecular weight is 396 g/mol.